The third-order valence-electron chi connectivity index (χ3n) is 5.21. The van der Waals surface area contributed by atoms with Crippen LogP contribution in [0, 0.1) is 0 Å². The SMILES string of the molecule is CCOC(=O)Cc1csc(NN=Cc2cc(Br)c(OCC(=O)NC3CCCCC3)c(OCC)c2)n1. The van der Waals surface area contributed by atoms with Crippen LogP contribution in [0.3, 0.4) is 0 Å². The van der Waals surface area contributed by atoms with Crippen molar-refractivity contribution in [3.8, 4) is 11.5 Å². The average Bonchev–Trinajstić information content (AvgIpc) is 3.26. The Labute approximate surface area is 217 Å². The predicted molar refractivity (Wildman–Crippen MR) is 139 cm³/mol. The first-order valence-electron chi connectivity index (χ1n) is 11.8. The maximum absolute atomic E-state index is 12.3. The number of aromatic nitrogens is 1. The second-order valence-corrected chi connectivity index (χ2v) is 9.66. The van der Waals surface area contributed by atoms with E-state index in [4.69, 9.17) is 14.2 Å². The van der Waals surface area contributed by atoms with E-state index in [1.165, 1.54) is 17.8 Å². The number of hydrogen-bond donors (Lipinski definition) is 2. The zero-order valence-corrected chi connectivity index (χ0v) is 22.4. The Balaban J connectivity index is 1.58. The van der Waals surface area contributed by atoms with Gasteiger partial charge in [-0.3, -0.25) is 15.0 Å². The van der Waals surface area contributed by atoms with Crippen LogP contribution in [0.4, 0.5) is 5.13 Å². The third kappa shape index (κ3) is 8.81. The molecule has 35 heavy (non-hydrogen) atoms. The second kappa shape index (κ2) is 14.0. The standard InChI is InChI=1S/C24H31BrN4O5S/c1-3-32-20-11-16(13-26-29-24-28-18(15-35-24)12-22(31)33-4-2)10-19(25)23(20)34-14-21(30)27-17-8-6-5-7-9-17/h10-11,13,15,17H,3-9,12,14H2,1-2H3,(H,27,30)(H,28,29). The van der Waals surface area contributed by atoms with E-state index in [9.17, 15) is 9.59 Å². The van der Waals surface area contributed by atoms with E-state index in [2.05, 4.69) is 36.8 Å². The van der Waals surface area contributed by atoms with Gasteiger partial charge in [-0.1, -0.05) is 19.3 Å². The van der Waals surface area contributed by atoms with Crippen molar-refractivity contribution in [1.29, 1.82) is 0 Å². The number of hydrogen-bond acceptors (Lipinski definition) is 9. The quantitative estimate of drug-likeness (QED) is 0.218. The zero-order valence-electron chi connectivity index (χ0n) is 20.0. The van der Waals surface area contributed by atoms with Gasteiger partial charge in [0.25, 0.3) is 5.91 Å². The molecular formula is C24H31BrN4O5S. The number of ether oxygens (including phenoxy) is 3. The van der Waals surface area contributed by atoms with Gasteiger partial charge in [-0.05, 0) is 60.3 Å². The van der Waals surface area contributed by atoms with E-state index in [-0.39, 0.29) is 30.9 Å². The predicted octanol–water partition coefficient (Wildman–Crippen LogP) is 4.68. The molecule has 0 radical (unpaired) electrons. The van der Waals surface area contributed by atoms with Gasteiger partial charge in [0, 0.05) is 11.4 Å². The molecule has 0 spiro atoms. The van der Waals surface area contributed by atoms with E-state index >= 15 is 0 Å². The molecule has 1 saturated carbocycles. The van der Waals surface area contributed by atoms with Crippen LogP contribution in [0.25, 0.3) is 0 Å². The summed E-state index contributed by atoms with van der Waals surface area (Å²) in [6.45, 7) is 4.35. The molecule has 190 valence electrons. The number of anilines is 1. The van der Waals surface area contributed by atoms with Crippen molar-refractivity contribution in [2.45, 2.75) is 58.4 Å². The molecule has 1 aromatic carbocycles. The van der Waals surface area contributed by atoms with E-state index in [1.54, 1.807) is 24.6 Å². The summed E-state index contributed by atoms with van der Waals surface area (Å²) in [6, 6.07) is 3.86. The number of amides is 1. The topological polar surface area (TPSA) is 111 Å². The van der Waals surface area contributed by atoms with Crippen molar-refractivity contribution in [2.75, 3.05) is 25.2 Å². The zero-order chi connectivity index (χ0) is 25.0. The average molecular weight is 568 g/mol. The smallest absolute Gasteiger partial charge is 0.311 e. The highest BCUT2D eigenvalue weighted by Gasteiger charge is 2.18. The Bertz CT molecular complexity index is 1020. The number of rotatable bonds is 12. The van der Waals surface area contributed by atoms with Gasteiger partial charge in [0.05, 0.1) is 36.0 Å². The highest BCUT2D eigenvalue weighted by Crippen LogP contribution is 2.36. The minimum atomic E-state index is -0.310. The maximum Gasteiger partial charge on any atom is 0.311 e. The Hall–Kier alpha value is -2.66. The van der Waals surface area contributed by atoms with Gasteiger partial charge < -0.3 is 19.5 Å². The van der Waals surface area contributed by atoms with Gasteiger partial charge in [0.1, 0.15) is 0 Å². The molecule has 0 saturated heterocycles. The molecule has 1 amide bonds. The number of halogens is 1. The van der Waals surface area contributed by atoms with Crippen LogP contribution >= 0.6 is 27.3 Å². The van der Waals surface area contributed by atoms with Crippen molar-refractivity contribution in [3.63, 3.8) is 0 Å². The highest BCUT2D eigenvalue weighted by molar-refractivity contribution is 9.10. The van der Waals surface area contributed by atoms with Crippen LogP contribution in [0.2, 0.25) is 0 Å². The first-order valence-corrected chi connectivity index (χ1v) is 13.4. The van der Waals surface area contributed by atoms with Crippen LogP contribution in [0.1, 0.15) is 57.2 Å². The van der Waals surface area contributed by atoms with Gasteiger partial charge >= 0.3 is 5.97 Å². The maximum atomic E-state index is 12.3. The van der Waals surface area contributed by atoms with Gasteiger partial charge in [0.15, 0.2) is 18.1 Å². The summed E-state index contributed by atoms with van der Waals surface area (Å²) in [7, 11) is 0. The molecule has 11 heteroatoms. The van der Waals surface area contributed by atoms with Crippen molar-refractivity contribution in [2.24, 2.45) is 5.10 Å². The van der Waals surface area contributed by atoms with Gasteiger partial charge in [-0.25, -0.2) is 4.98 Å². The summed E-state index contributed by atoms with van der Waals surface area (Å²) in [6.07, 6.45) is 7.34. The normalized spacial score (nSPS) is 14.0. The minimum absolute atomic E-state index is 0.0810. The number of nitrogens with one attached hydrogen (secondary N) is 2. The molecule has 0 unspecified atom stereocenters. The molecule has 2 N–H and O–H groups in total. The number of benzene rings is 1. The van der Waals surface area contributed by atoms with Gasteiger partial charge in [-0.2, -0.15) is 5.10 Å². The van der Waals surface area contributed by atoms with E-state index < -0.39 is 0 Å². The van der Waals surface area contributed by atoms with Crippen molar-refractivity contribution in [3.05, 3.63) is 33.2 Å². The van der Waals surface area contributed by atoms with Crippen LogP contribution in [0.15, 0.2) is 27.1 Å². The summed E-state index contributed by atoms with van der Waals surface area (Å²) < 4.78 is 17.1. The largest absolute Gasteiger partial charge is 0.490 e. The molecule has 3 rings (SSSR count). The van der Waals surface area contributed by atoms with Crippen LogP contribution in [-0.2, 0) is 20.7 Å². The summed E-state index contributed by atoms with van der Waals surface area (Å²) in [5.74, 6) is 0.542. The first kappa shape index (κ1) is 26.9. The highest BCUT2D eigenvalue weighted by atomic mass is 79.9. The lowest BCUT2D eigenvalue weighted by Crippen LogP contribution is -2.39. The third-order valence-corrected chi connectivity index (χ3v) is 6.59. The monoisotopic (exact) mass is 566 g/mol. The lowest BCUT2D eigenvalue weighted by atomic mass is 9.95. The van der Waals surface area contributed by atoms with Crippen molar-refractivity contribution >= 4 is 50.5 Å². The number of esters is 1. The van der Waals surface area contributed by atoms with Gasteiger partial charge in [0.2, 0.25) is 5.13 Å². The Morgan fingerprint density at radius 3 is 2.74 bits per heavy atom. The molecule has 9 nitrogen and oxygen atoms in total. The molecule has 1 aliphatic carbocycles. The molecule has 0 atom stereocenters. The number of hydrazone groups is 1. The summed E-state index contributed by atoms with van der Waals surface area (Å²) in [5, 5.41) is 9.63. The molecule has 1 aromatic heterocycles. The summed E-state index contributed by atoms with van der Waals surface area (Å²) in [5.41, 5.74) is 4.25. The van der Waals surface area contributed by atoms with Crippen LogP contribution in [0.5, 0.6) is 11.5 Å². The Morgan fingerprint density at radius 1 is 1.20 bits per heavy atom. The molecule has 1 fully saturated rings. The van der Waals surface area contributed by atoms with Crippen LogP contribution in [-0.4, -0.2) is 48.9 Å². The van der Waals surface area contributed by atoms with E-state index in [0.717, 1.165) is 31.2 Å². The van der Waals surface area contributed by atoms with Crippen molar-refractivity contribution in [1.82, 2.24) is 10.3 Å². The minimum Gasteiger partial charge on any atom is -0.490 e. The summed E-state index contributed by atoms with van der Waals surface area (Å²) in [4.78, 5) is 28.3. The number of nitrogens with zero attached hydrogens (tertiary/aromatic N) is 2. The Kier molecular flexibility index (Phi) is 10.8. The lowest BCUT2D eigenvalue weighted by molar-refractivity contribution is -0.142. The number of carbonyl (C=O) groups excluding carboxylic acids is 2. The first-order chi connectivity index (χ1) is 17.0. The lowest BCUT2D eigenvalue weighted by Gasteiger charge is -2.23. The van der Waals surface area contributed by atoms with Gasteiger partial charge in [-0.15, -0.1) is 11.3 Å². The van der Waals surface area contributed by atoms with E-state index in [1.807, 2.05) is 13.0 Å². The second-order valence-electron chi connectivity index (χ2n) is 7.95. The molecule has 0 bridgehead atoms. The molecule has 1 aliphatic rings. The molecule has 0 aliphatic heterocycles. The fourth-order valence-electron chi connectivity index (χ4n) is 3.68. The number of carbonyl (C=O) groups is 2. The molecule has 1 heterocycles. The summed E-state index contributed by atoms with van der Waals surface area (Å²) >= 11 is 4.87. The fourth-order valence-corrected chi connectivity index (χ4v) is 4.91. The Morgan fingerprint density at radius 2 is 2.00 bits per heavy atom. The molecular weight excluding hydrogens is 536 g/mol. The fraction of sp³-hybridized carbons (Fsp3) is 0.500. The number of thiazole rings is 1. The van der Waals surface area contributed by atoms with Crippen LogP contribution < -0.4 is 20.2 Å². The van der Waals surface area contributed by atoms with E-state index in [0.29, 0.717) is 40.0 Å². The molecule has 2 aromatic rings. The van der Waals surface area contributed by atoms with Crippen molar-refractivity contribution < 1.29 is 23.8 Å².